The number of hydrogen-bond acceptors (Lipinski definition) is 1. The van der Waals surface area contributed by atoms with Crippen molar-refractivity contribution in [1.82, 2.24) is 5.32 Å². The molecule has 4 atom stereocenters. The molecule has 0 spiro atoms. The van der Waals surface area contributed by atoms with Gasteiger partial charge >= 0.3 is 0 Å². The molecule has 1 aliphatic carbocycles. The summed E-state index contributed by atoms with van der Waals surface area (Å²) < 4.78 is 26.3. The van der Waals surface area contributed by atoms with E-state index < -0.39 is 11.6 Å². The van der Waals surface area contributed by atoms with E-state index in [-0.39, 0.29) is 0 Å². The summed E-state index contributed by atoms with van der Waals surface area (Å²) in [6, 6.07) is 4.59. The highest BCUT2D eigenvalue weighted by Gasteiger charge is 2.29. The summed E-state index contributed by atoms with van der Waals surface area (Å²) in [5.74, 6) is 0.652. The van der Waals surface area contributed by atoms with Crippen molar-refractivity contribution in [3.05, 3.63) is 35.4 Å². The third-order valence-electron chi connectivity index (χ3n) is 5.02. The zero-order valence-electron chi connectivity index (χ0n) is 12.6. The molecule has 0 aromatic heterocycles. The molecule has 4 unspecified atom stereocenters. The normalized spacial score (nSPS) is 28.4. The molecule has 0 heterocycles. The monoisotopic (exact) mass is 281 g/mol. The van der Waals surface area contributed by atoms with Gasteiger partial charge in [0, 0.05) is 6.04 Å². The van der Waals surface area contributed by atoms with Gasteiger partial charge in [0.15, 0.2) is 11.6 Å². The lowest BCUT2D eigenvalue weighted by atomic mass is 9.72. The van der Waals surface area contributed by atoms with E-state index in [0.29, 0.717) is 12.0 Å². The van der Waals surface area contributed by atoms with Crippen molar-refractivity contribution in [1.29, 1.82) is 0 Å². The second-order valence-electron chi connectivity index (χ2n) is 6.38. The summed E-state index contributed by atoms with van der Waals surface area (Å²) in [7, 11) is 1.97. The molecule has 0 aliphatic heterocycles. The van der Waals surface area contributed by atoms with E-state index in [1.807, 2.05) is 7.05 Å². The van der Waals surface area contributed by atoms with Crippen LogP contribution in [-0.4, -0.2) is 13.1 Å². The van der Waals surface area contributed by atoms with Gasteiger partial charge in [-0.1, -0.05) is 26.3 Å². The van der Waals surface area contributed by atoms with E-state index in [1.54, 1.807) is 6.07 Å². The first-order valence-electron chi connectivity index (χ1n) is 7.62. The van der Waals surface area contributed by atoms with Crippen LogP contribution in [0.3, 0.4) is 0 Å². The molecule has 1 aromatic carbocycles. The average Bonchev–Trinajstić information content (AvgIpc) is 2.43. The fraction of sp³-hybridized carbons (Fsp3) is 0.647. The molecule has 0 saturated heterocycles. The van der Waals surface area contributed by atoms with Crippen molar-refractivity contribution in [3.63, 3.8) is 0 Å². The molecule has 20 heavy (non-hydrogen) atoms. The van der Waals surface area contributed by atoms with Crippen molar-refractivity contribution in [2.75, 3.05) is 7.05 Å². The third kappa shape index (κ3) is 3.57. The number of rotatable bonds is 4. The van der Waals surface area contributed by atoms with Crippen LogP contribution < -0.4 is 5.32 Å². The maximum Gasteiger partial charge on any atom is 0.159 e. The average molecular weight is 281 g/mol. The summed E-state index contributed by atoms with van der Waals surface area (Å²) in [5, 5.41) is 3.37. The fourth-order valence-electron chi connectivity index (χ4n) is 3.38. The SMILES string of the molecule is CNC(Cc1ccc(F)c(F)c1)C1CCC(C)C(C)C1. The quantitative estimate of drug-likeness (QED) is 0.873. The van der Waals surface area contributed by atoms with E-state index in [1.165, 1.54) is 31.4 Å². The van der Waals surface area contributed by atoms with Crippen molar-refractivity contribution < 1.29 is 8.78 Å². The van der Waals surface area contributed by atoms with Gasteiger partial charge in [-0.2, -0.15) is 0 Å². The Hall–Kier alpha value is -0.960. The highest BCUT2D eigenvalue weighted by Crippen LogP contribution is 2.35. The molecule has 1 nitrogen and oxygen atoms in total. The number of nitrogens with one attached hydrogen (secondary N) is 1. The number of hydrogen-bond donors (Lipinski definition) is 1. The predicted molar refractivity (Wildman–Crippen MR) is 78.6 cm³/mol. The van der Waals surface area contributed by atoms with Crippen LogP contribution in [-0.2, 0) is 6.42 Å². The first-order chi connectivity index (χ1) is 9.51. The summed E-state index contributed by atoms with van der Waals surface area (Å²) >= 11 is 0. The van der Waals surface area contributed by atoms with Crippen LogP contribution >= 0.6 is 0 Å². The summed E-state index contributed by atoms with van der Waals surface area (Å²) in [5.41, 5.74) is 0.870. The Morgan fingerprint density at radius 3 is 2.50 bits per heavy atom. The lowest BCUT2D eigenvalue weighted by molar-refractivity contribution is 0.173. The minimum absolute atomic E-state index is 0.342. The van der Waals surface area contributed by atoms with Crippen LogP contribution in [0.4, 0.5) is 8.78 Å². The largest absolute Gasteiger partial charge is 0.316 e. The van der Waals surface area contributed by atoms with Gasteiger partial charge in [-0.25, -0.2) is 8.78 Å². The summed E-state index contributed by atoms with van der Waals surface area (Å²) in [6.07, 6.45) is 4.47. The van der Waals surface area contributed by atoms with Crippen LogP contribution in [0.15, 0.2) is 18.2 Å². The van der Waals surface area contributed by atoms with Crippen LogP contribution in [0, 0.1) is 29.4 Å². The molecule has 1 aromatic rings. The van der Waals surface area contributed by atoms with Gasteiger partial charge in [-0.3, -0.25) is 0 Å². The first-order valence-corrected chi connectivity index (χ1v) is 7.62. The van der Waals surface area contributed by atoms with Gasteiger partial charge < -0.3 is 5.32 Å². The van der Waals surface area contributed by atoms with Crippen LogP contribution in [0.5, 0.6) is 0 Å². The molecule has 0 radical (unpaired) electrons. The van der Waals surface area contributed by atoms with Gasteiger partial charge in [-0.15, -0.1) is 0 Å². The van der Waals surface area contributed by atoms with Gasteiger partial charge in [-0.05, 0) is 61.8 Å². The van der Waals surface area contributed by atoms with E-state index >= 15 is 0 Å². The van der Waals surface area contributed by atoms with Gasteiger partial charge in [0.25, 0.3) is 0 Å². The minimum Gasteiger partial charge on any atom is -0.316 e. The second kappa shape index (κ2) is 6.66. The van der Waals surface area contributed by atoms with Crippen molar-refractivity contribution in [2.24, 2.45) is 17.8 Å². The van der Waals surface area contributed by atoms with E-state index in [2.05, 4.69) is 19.2 Å². The maximum atomic E-state index is 13.3. The Labute approximate surface area is 120 Å². The first kappa shape index (κ1) is 15.4. The van der Waals surface area contributed by atoms with Gasteiger partial charge in [0.2, 0.25) is 0 Å². The highest BCUT2D eigenvalue weighted by atomic mass is 19.2. The number of benzene rings is 1. The standard InChI is InChI=1S/C17H25F2N/c1-11-4-6-14(8-12(11)2)17(20-3)10-13-5-7-15(18)16(19)9-13/h5,7,9,11-12,14,17,20H,4,6,8,10H2,1-3H3. The zero-order chi connectivity index (χ0) is 14.7. The molecule has 112 valence electrons. The summed E-state index contributed by atoms with van der Waals surface area (Å²) in [6.45, 7) is 4.64. The van der Waals surface area contributed by atoms with Crippen molar-refractivity contribution in [2.45, 2.75) is 45.6 Å². The predicted octanol–water partition coefficient (Wildman–Crippen LogP) is 4.17. The van der Waals surface area contributed by atoms with Gasteiger partial charge in [0.1, 0.15) is 0 Å². The van der Waals surface area contributed by atoms with Crippen LogP contribution in [0.25, 0.3) is 0 Å². The van der Waals surface area contributed by atoms with Crippen LogP contribution in [0.2, 0.25) is 0 Å². The van der Waals surface area contributed by atoms with E-state index in [0.717, 1.165) is 23.8 Å². The van der Waals surface area contributed by atoms with Crippen molar-refractivity contribution >= 4 is 0 Å². The molecule has 2 rings (SSSR count). The second-order valence-corrected chi connectivity index (χ2v) is 6.38. The lowest BCUT2D eigenvalue weighted by Crippen LogP contribution is -2.39. The zero-order valence-corrected chi connectivity index (χ0v) is 12.6. The molecular formula is C17H25F2N. The van der Waals surface area contributed by atoms with E-state index in [4.69, 9.17) is 0 Å². The molecule has 1 saturated carbocycles. The molecule has 1 aliphatic rings. The smallest absolute Gasteiger partial charge is 0.159 e. The molecule has 3 heteroatoms. The van der Waals surface area contributed by atoms with Crippen molar-refractivity contribution in [3.8, 4) is 0 Å². The maximum absolute atomic E-state index is 13.3. The lowest BCUT2D eigenvalue weighted by Gasteiger charge is -2.36. The third-order valence-corrected chi connectivity index (χ3v) is 5.02. The Morgan fingerprint density at radius 2 is 1.90 bits per heavy atom. The number of likely N-dealkylation sites (N-methyl/N-ethyl adjacent to an activating group) is 1. The van der Waals surface area contributed by atoms with Crippen LogP contribution in [0.1, 0.15) is 38.7 Å². The molecule has 1 N–H and O–H groups in total. The topological polar surface area (TPSA) is 12.0 Å². The molecule has 0 bridgehead atoms. The summed E-state index contributed by atoms with van der Waals surface area (Å²) in [4.78, 5) is 0. The molecular weight excluding hydrogens is 256 g/mol. The van der Waals surface area contributed by atoms with Gasteiger partial charge in [0.05, 0.1) is 0 Å². The number of halogens is 2. The minimum atomic E-state index is -0.769. The highest BCUT2D eigenvalue weighted by molar-refractivity contribution is 5.19. The Kier molecular flexibility index (Phi) is 5.14. The van der Waals surface area contributed by atoms with E-state index in [9.17, 15) is 8.78 Å². The fourth-order valence-corrected chi connectivity index (χ4v) is 3.38. The molecule has 0 amide bonds. The Balaban J connectivity index is 2.03. The Morgan fingerprint density at radius 1 is 1.15 bits per heavy atom. The molecule has 1 fully saturated rings. The Bertz CT molecular complexity index is 447.